The summed E-state index contributed by atoms with van der Waals surface area (Å²) in [6.07, 6.45) is 0. The lowest BCUT2D eigenvalue weighted by molar-refractivity contribution is 1.43. The molecule has 0 aliphatic rings. The molecule has 0 aliphatic carbocycles. The van der Waals surface area contributed by atoms with Crippen LogP contribution in [0.1, 0.15) is 5.56 Å². The molecule has 0 fully saturated rings. The molecule has 0 aliphatic heterocycles. The summed E-state index contributed by atoms with van der Waals surface area (Å²) >= 11 is 5.73. The summed E-state index contributed by atoms with van der Waals surface area (Å²) in [7, 11) is 6.74. The van der Waals surface area contributed by atoms with Gasteiger partial charge >= 0.3 is 0 Å². The molecule has 0 saturated heterocycles. The molecular weight excluding hydrogens is 187 g/mol. The van der Waals surface area contributed by atoms with Crippen LogP contribution < -0.4 is 0 Å². The summed E-state index contributed by atoms with van der Waals surface area (Å²) in [6, 6.07) is 7.69. The van der Waals surface area contributed by atoms with Crippen molar-refractivity contribution >= 4 is 33.3 Å². The number of halogens is 2. The molecule has 0 bridgehead atoms. The average molecular weight is 193 g/mol. The van der Waals surface area contributed by atoms with Gasteiger partial charge in [0, 0.05) is 10.8 Å². The molecule has 0 spiro atoms. The van der Waals surface area contributed by atoms with Crippen LogP contribution in [-0.4, -0.2) is 0 Å². The first-order valence-corrected chi connectivity index (χ1v) is 5.00. The molecule has 0 saturated carbocycles. The third-order valence-electron chi connectivity index (χ3n) is 1.11. The van der Waals surface area contributed by atoms with Gasteiger partial charge in [0.05, 0.1) is 0 Å². The van der Waals surface area contributed by atoms with Crippen LogP contribution in [0, 0.1) is 0 Å². The second-order valence-corrected chi connectivity index (χ2v) is 3.48. The number of hydrogen-bond donors (Lipinski definition) is 0. The van der Waals surface area contributed by atoms with E-state index in [1.807, 2.05) is 24.3 Å². The van der Waals surface area contributed by atoms with Gasteiger partial charge in [-0.1, -0.05) is 34.7 Å². The fraction of sp³-hybridized carbons (Fsp3) is 0.143. The lowest BCUT2D eigenvalue weighted by atomic mass is 10.2. The SMILES string of the molecule is ClSCc1cccc(Cl)c1. The van der Waals surface area contributed by atoms with Gasteiger partial charge in [-0.2, -0.15) is 0 Å². The Bertz CT molecular complexity index is 213. The van der Waals surface area contributed by atoms with Gasteiger partial charge < -0.3 is 0 Å². The molecule has 1 rings (SSSR count). The summed E-state index contributed by atoms with van der Waals surface area (Å²) in [5.41, 5.74) is 1.16. The fourth-order valence-electron chi connectivity index (χ4n) is 0.690. The molecule has 0 N–H and O–H groups in total. The van der Waals surface area contributed by atoms with Crippen molar-refractivity contribution in [3.63, 3.8) is 0 Å². The van der Waals surface area contributed by atoms with E-state index in [4.69, 9.17) is 22.3 Å². The van der Waals surface area contributed by atoms with E-state index in [1.165, 1.54) is 11.0 Å². The Kier molecular flexibility index (Phi) is 3.40. The second-order valence-electron chi connectivity index (χ2n) is 1.88. The summed E-state index contributed by atoms with van der Waals surface area (Å²) in [5.74, 6) is 0.808. The maximum atomic E-state index is 5.73. The number of benzene rings is 1. The Morgan fingerprint density at radius 3 is 2.80 bits per heavy atom. The molecule has 0 amide bonds. The minimum absolute atomic E-state index is 0.767. The smallest absolute Gasteiger partial charge is 0.0409 e. The van der Waals surface area contributed by atoms with E-state index in [0.717, 1.165) is 16.3 Å². The minimum atomic E-state index is 0.767. The van der Waals surface area contributed by atoms with Crippen LogP contribution in [0.5, 0.6) is 0 Å². The normalized spacial score (nSPS) is 9.80. The van der Waals surface area contributed by atoms with Crippen molar-refractivity contribution in [1.29, 1.82) is 0 Å². The summed E-state index contributed by atoms with van der Waals surface area (Å²) in [5, 5.41) is 0.767. The molecule has 1 aromatic rings. The van der Waals surface area contributed by atoms with Crippen LogP contribution >= 0.6 is 33.3 Å². The number of rotatable bonds is 2. The third-order valence-corrected chi connectivity index (χ3v) is 2.12. The first kappa shape index (κ1) is 8.25. The van der Waals surface area contributed by atoms with Gasteiger partial charge in [-0.05, 0) is 28.4 Å². The van der Waals surface area contributed by atoms with Crippen molar-refractivity contribution in [2.24, 2.45) is 0 Å². The van der Waals surface area contributed by atoms with E-state index in [9.17, 15) is 0 Å². The van der Waals surface area contributed by atoms with Crippen LogP contribution in [-0.2, 0) is 5.75 Å². The molecular formula is C7H6Cl2S. The van der Waals surface area contributed by atoms with E-state index in [0.29, 0.717) is 0 Å². The lowest BCUT2D eigenvalue weighted by Crippen LogP contribution is -1.75. The highest BCUT2D eigenvalue weighted by Gasteiger charge is 1.91. The number of hydrogen-bond acceptors (Lipinski definition) is 1. The zero-order valence-corrected chi connectivity index (χ0v) is 7.51. The lowest BCUT2D eigenvalue weighted by Gasteiger charge is -1.95. The van der Waals surface area contributed by atoms with E-state index >= 15 is 0 Å². The van der Waals surface area contributed by atoms with E-state index in [-0.39, 0.29) is 0 Å². The molecule has 10 heavy (non-hydrogen) atoms. The highest BCUT2D eigenvalue weighted by atomic mass is 35.7. The molecule has 0 aromatic heterocycles. The van der Waals surface area contributed by atoms with Crippen molar-refractivity contribution < 1.29 is 0 Å². The molecule has 54 valence electrons. The zero-order valence-electron chi connectivity index (χ0n) is 5.18. The molecule has 1 aromatic carbocycles. The predicted octanol–water partition coefficient (Wildman–Crippen LogP) is 3.73. The Morgan fingerprint density at radius 1 is 1.40 bits per heavy atom. The van der Waals surface area contributed by atoms with Crippen molar-refractivity contribution in [3.05, 3.63) is 34.9 Å². The molecule has 3 heteroatoms. The van der Waals surface area contributed by atoms with Gasteiger partial charge in [0.25, 0.3) is 0 Å². The van der Waals surface area contributed by atoms with E-state index < -0.39 is 0 Å². The predicted molar refractivity (Wildman–Crippen MR) is 48.6 cm³/mol. The van der Waals surface area contributed by atoms with Crippen LogP contribution in [0.3, 0.4) is 0 Å². The first-order valence-electron chi connectivity index (χ1n) is 2.81. The molecule has 0 radical (unpaired) electrons. The standard InChI is InChI=1S/C7H6Cl2S/c8-7-3-1-2-6(4-7)5-10-9/h1-4H,5H2. The summed E-state index contributed by atoms with van der Waals surface area (Å²) < 4.78 is 0. The minimum Gasteiger partial charge on any atom is -0.0843 e. The zero-order chi connectivity index (χ0) is 7.40. The molecule has 0 unspecified atom stereocenters. The quantitative estimate of drug-likeness (QED) is 0.689. The van der Waals surface area contributed by atoms with Crippen molar-refractivity contribution in [3.8, 4) is 0 Å². The summed E-state index contributed by atoms with van der Waals surface area (Å²) in [4.78, 5) is 0. The Hall–Kier alpha value is 0.150. The van der Waals surface area contributed by atoms with Gasteiger partial charge in [-0.3, -0.25) is 0 Å². The van der Waals surface area contributed by atoms with Crippen molar-refractivity contribution in [2.45, 2.75) is 5.75 Å². The highest BCUT2D eigenvalue weighted by Crippen LogP contribution is 2.18. The Labute approximate surface area is 74.0 Å². The van der Waals surface area contributed by atoms with Crippen LogP contribution in [0.4, 0.5) is 0 Å². The average Bonchev–Trinajstić information content (AvgIpc) is 1.88. The fourth-order valence-corrected chi connectivity index (χ4v) is 1.59. The Balaban J connectivity index is 2.75. The molecule has 0 heterocycles. The second kappa shape index (κ2) is 4.12. The van der Waals surface area contributed by atoms with Gasteiger partial charge in [-0.25, -0.2) is 0 Å². The van der Waals surface area contributed by atoms with Crippen LogP contribution in [0.15, 0.2) is 24.3 Å². The topological polar surface area (TPSA) is 0 Å². The summed E-state index contributed by atoms with van der Waals surface area (Å²) in [6.45, 7) is 0. The molecule has 0 nitrogen and oxygen atoms in total. The largest absolute Gasteiger partial charge is 0.0843 e. The van der Waals surface area contributed by atoms with Gasteiger partial charge in [0.1, 0.15) is 0 Å². The van der Waals surface area contributed by atoms with E-state index in [1.54, 1.807) is 0 Å². The Morgan fingerprint density at radius 2 is 2.20 bits per heavy atom. The van der Waals surface area contributed by atoms with Gasteiger partial charge in [0.15, 0.2) is 0 Å². The maximum Gasteiger partial charge on any atom is 0.0409 e. The van der Waals surface area contributed by atoms with E-state index in [2.05, 4.69) is 0 Å². The monoisotopic (exact) mass is 192 g/mol. The first-order chi connectivity index (χ1) is 4.83. The van der Waals surface area contributed by atoms with Gasteiger partial charge in [-0.15, -0.1) is 0 Å². The van der Waals surface area contributed by atoms with Crippen LogP contribution in [0.25, 0.3) is 0 Å². The van der Waals surface area contributed by atoms with Crippen molar-refractivity contribution in [1.82, 2.24) is 0 Å². The third kappa shape index (κ3) is 2.41. The van der Waals surface area contributed by atoms with Crippen LogP contribution in [0.2, 0.25) is 5.02 Å². The van der Waals surface area contributed by atoms with Gasteiger partial charge in [0.2, 0.25) is 0 Å². The maximum absolute atomic E-state index is 5.73. The van der Waals surface area contributed by atoms with Crippen molar-refractivity contribution in [2.75, 3.05) is 0 Å². The highest BCUT2D eigenvalue weighted by molar-refractivity contribution is 8.20. The molecule has 0 atom stereocenters.